The number of primary amides is 1. The van der Waals surface area contributed by atoms with Crippen LogP contribution in [0.2, 0.25) is 0 Å². The molecule has 0 aliphatic carbocycles. The topological polar surface area (TPSA) is 84.2 Å². The summed E-state index contributed by atoms with van der Waals surface area (Å²) in [5, 5.41) is 7.05. The van der Waals surface area contributed by atoms with Crippen LogP contribution >= 0.6 is 11.3 Å². The van der Waals surface area contributed by atoms with Crippen LogP contribution in [0.3, 0.4) is 0 Å². The zero-order valence-corrected chi connectivity index (χ0v) is 12.5. The summed E-state index contributed by atoms with van der Waals surface area (Å²) < 4.78 is 13.8. The fourth-order valence-electron chi connectivity index (χ4n) is 2.02. The maximum atomic E-state index is 13.8. The zero-order valence-electron chi connectivity index (χ0n) is 11.7. The second-order valence-electron chi connectivity index (χ2n) is 4.64. The molecule has 2 rings (SSSR count). The molecule has 1 aromatic heterocycles. The minimum Gasteiger partial charge on any atom is -0.352 e. The van der Waals surface area contributed by atoms with Crippen molar-refractivity contribution in [2.24, 2.45) is 5.73 Å². The van der Waals surface area contributed by atoms with Crippen LogP contribution in [-0.2, 0) is 11.3 Å². The second kappa shape index (κ2) is 7.56. The highest BCUT2D eigenvalue weighted by Gasteiger charge is 2.20. The van der Waals surface area contributed by atoms with Gasteiger partial charge in [0.25, 0.3) is 0 Å². The van der Waals surface area contributed by atoms with E-state index in [0.29, 0.717) is 6.54 Å². The molecule has 1 heterocycles. The van der Waals surface area contributed by atoms with Crippen molar-refractivity contribution < 1.29 is 14.0 Å². The SMILES string of the molecule is NC(=O)NC(CC(=O)NCc1cccs1)c1ccccc1F. The molecule has 0 aliphatic rings. The Hall–Kier alpha value is -2.41. The number of halogens is 1. The zero-order chi connectivity index (χ0) is 15.9. The minimum absolute atomic E-state index is 0.0880. The van der Waals surface area contributed by atoms with E-state index in [-0.39, 0.29) is 17.9 Å². The third-order valence-corrected chi connectivity index (χ3v) is 3.90. The highest BCUT2D eigenvalue weighted by atomic mass is 32.1. The first-order valence-electron chi connectivity index (χ1n) is 6.65. The Morgan fingerprint density at radius 2 is 2.00 bits per heavy atom. The Balaban J connectivity index is 2.01. The normalized spacial score (nSPS) is 11.7. The summed E-state index contributed by atoms with van der Waals surface area (Å²) in [5.74, 6) is -0.789. The van der Waals surface area contributed by atoms with Crippen molar-refractivity contribution in [1.82, 2.24) is 10.6 Å². The fraction of sp³-hybridized carbons (Fsp3) is 0.200. The van der Waals surface area contributed by atoms with Crippen LogP contribution in [0, 0.1) is 5.82 Å². The van der Waals surface area contributed by atoms with Crippen LogP contribution in [0.25, 0.3) is 0 Å². The molecule has 2 aromatic rings. The molecule has 22 heavy (non-hydrogen) atoms. The number of amides is 3. The number of urea groups is 1. The Bertz CT molecular complexity index is 646. The summed E-state index contributed by atoms with van der Waals surface area (Å²) in [6, 6.07) is 8.15. The van der Waals surface area contributed by atoms with Crippen molar-refractivity contribution in [3.63, 3.8) is 0 Å². The Kier molecular flexibility index (Phi) is 5.48. The van der Waals surface area contributed by atoms with Gasteiger partial charge in [-0.25, -0.2) is 9.18 Å². The van der Waals surface area contributed by atoms with Gasteiger partial charge in [-0.1, -0.05) is 24.3 Å². The van der Waals surface area contributed by atoms with Gasteiger partial charge < -0.3 is 16.4 Å². The molecule has 0 aliphatic heterocycles. The van der Waals surface area contributed by atoms with E-state index in [0.717, 1.165) is 4.88 Å². The first-order valence-corrected chi connectivity index (χ1v) is 7.53. The van der Waals surface area contributed by atoms with Crippen molar-refractivity contribution in [3.05, 3.63) is 58.0 Å². The number of hydrogen-bond acceptors (Lipinski definition) is 3. The third-order valence-electron chi connectivity index (χ3n) is 3.03. The molecule has 0 radical (unpaired) electrons. The van der Waals surface area contributed by atoms with Gasteiger partial charge in [0.05, 0.1) is 19.0 Å². The molecule has 5 nitrogen and oxygen atoms in total. The third kappa shape index (κ3) is 4.56. The van der Waals surface area contributed by atoms with Crippen molar-refractivity contribution in [2.75, 3.05) is 0 Å². The smallest absolute Gasteiger partial charge is 0.312 e. The van der Waals surface area contributed by atoms with Gasteiger partial charge in [-0.2, -0.15) is 0 Å². The van der Waals surface area contributed by atoms with E-state index < -0.39 is 17.9 Å². The predicted octanol–water partition coefficient (Wildman–Crippen LogP) is 2.30. The summed E-state index contributed by atoms with van der Waals surface area (Å²) in [5.41, 5.74) is 5.33. The van der Waals surface area contributed by atoms with Gasteiger partial charge in [0, 0.05) is 10.4 Å². The first kappa shape index (κ1) is 16.0. The van der Waals surface area contributed by atoms with Gasteiger partial charge in [0.2, 0.25) is 5.91 Å². The fourth-order valence-corrected chi connectivity index (χ4v) is 2.67. The number of nitrogens with one attached hydrogen (secondary N) is 2. The number of nitrogens with two attached hydrogens (primary N) is 1. The highest BCUT2D eigenvalue weighted by Crippen LogP contribution is 2.20. The predicted molar refractivity (Wildman–Crippen MR) is 82.6 cm³/mol. The molecule has 116 valence electrons. The lowest BCUT2D eigenvalue weighted by Crippen LogP contribution is -2.36. The summed E-state index contributed by atoms with van der Waals surface area (Å²) in [6.07, 6.45) is -0.0880. The van der Waals surface area contributed by atoms with Gasteiger partial charge >= 0.3 is 6.03 Å². The Morgan fingerprint density at radius 3 is 2.64 bits per heavy atom. The lowest BCUT2D eigenvalue weighted by atomic mass is 10.0. The van der Waals surface area contributed by atoms with E-state index in [2.05, 4.69) is 10.6 Å². The van der Waals surface area contributed by atoms with E-state index in [9.17, 15) is 14.0 Å². The van der Waals surface area contributed by atoms with Gasteiger partial charge in [-0.15, -0.1) is 11.3 Å². The van der Waals surface area contributed by atoms with Crippen LogP contribution in [-0.4, -0.2) is 11.9 Å². The molecular weight excluding hydrogens is 305 g/mol. The molecule has 1 unspecified atom stereocenters. The number of benzene rings is 1. The maximum Gasteiger partial charge on any atom is 0.312 e. The Morgan fingerprint density at radius 1 is 1.23 bits per heavy atom. The van der Waals surface area contributed by atoms with Crippen molar-refractivity contribution in [3.8, 4) is 0 Å². The van der Waals surface area contributed by atoms with Crippen LogP contribution in [0.5, 0.6) is 0 Å². The molecule has 7 heteroatoms. The van der Waals surface area contributed by atoms with Gasteiger partial charge in [0.15, 0.2) is 0 Å². The van der Waals surface area contributed by atoms with E-state index in [1.807, 2.05) is 17.5 Å². The molecule has 3 amide bonds. The molecule has 0 spiro atoms. The van der Waals surface area contributed by atoms with Crippen LogP contribution in [0.4, 0.5) is 9.18 Å². The average Bonchev–Trinajstić information content (AvgIpc) is 2.98. The van der Waals surface area contributed by atoms with Crippen molar-refractivity contribution in [1.29, 1.82) is 0 Å². The minimum atomic E-state index is -0.806. The molecule has 0 bridgehead atoms. The molecule has 0 saturated carbocycles. The number of carbonyl (C=O) groups is 2. The average molecular weight is 321 g/mol. The molecule has 1 atom stereocenters. The molecule has 0 saturated heterocycles. The van der Waals surface area contributed by atoms with Gasteiger partial charge in [0.1, 0.15) is 5.82 Å². The van der Waals surface area contributed by atoms with Crippen molar-refractivity contribution in [2.45, 2.75) is 19.0 Å². The van der Waals surface area contributed by atoms with E-state index in [4.69, 9.17) is 5.73 Å². The second-order valence-corrected chi connectivity index (χ2v) is 5.68. The lowest BCUT2D eigenvalue weighted by Gasteiger charge is -2.18. The number of rotatable bonds is 6. The van der Waals surface area contributed by atoms with Crippen LogP contribution in [0.15, 0.2) is 41.8 Å². The van der Waals surface area contributed by atoms with E-state index >= 15 is 0 Å². The van der Waals surface area contributed by atoms with Gasteiger partial charge in [-0.05, 0) is 17.5 Å². The van der Waals surface area contributed by atoms with Crippen LogP contribution < -0.4 is 16.4 Å². The maximum absolute atomic E-state index is 13.8. The van der Waals surface area contributed by atoms with E-state index in [1.165, 1.54) is 29.5 Å². The highest BCUT2D eigenvalue weighted by molar-refractivity contribution is 7.09. The molecule has 0 fully saturated rings. The van der Waals surface area contributed by atoms with Gasteiger partial charge in [-0.3, -0.25) is 4.79 Å². The number of carbonyl (C=O) groups excluding carboxylic acids is 2. The molecule has 4 N–H and O–H groups in total. The van der Waals surface area contributed by atoms with E-state index in [1.54, 1.807) is 6.07 Å². The summed E-state index contributed by atoms with van der Waals surface area (Å²) in [6.45, 7) is 0.400. The summed E-state index contributed by atoms with van der Waals surface area (Å²) in [7, 11) is 0. The first-order chi connectivity index (χ1) is 10.6. The quantitative estimate of drug-likeness (QED) is 0.763. The van der Waals surface area contributed by atoms with Crippen molar-refractivity contribution >= 4 is 23.3 Å². The number of thiophene rings is 1. The lowest BCUT2D eigenvalue weighted by molar-refractivity contribution is -0.121. The summed E-state index contributed by atoms with van der Waals surface area (Å²) >= 11 is 1.53. The largest absolute Gasteiger partial charge is 0.352 e. The molecular formula is C15H16FN3O2S. The molecule has 1 aromatic carbocycles. The van der Waals surface area contributed by atoms with Crippen LogP contribution in [0.1, 0.15) is 22.9 Å². The Labute approximate surface area is 131 Å². The standard InChI is InChI=1S/C15H16FN3O2S/c16-12-6-2-1-5-11(12)13(19-15(17)21)8-14(20)18-9-10-4-3-7-22-10/h1-7,13H,8-9H2,(H,18,20)(H3,17,19,21). The monoisotopic (exact) mass is 321 g/mol. The summed E-state index contributed by atoms with van der Waals surface area (Å²) in [4.78, 5) is 24.1. The number of hydrogen-bond donors (Lipinski definition) is 3.